The van der Waals surface area contributed by atoms with Gasteiger partial charge in [0.05, 0.1) is 19.9 Å². The summed E-state index contributed by atoms with van der Waals surface area (Å²) < 4.78 is 15.7. The van der Waals surface area contributed by atoms with Crippen LogP contribution in [-0.4, -0.2) is 19.2 Å². The summed E-state index contributed by atoms with van der Waals surface area (Å²) in [5, 5.41) is 3.04. The molecule has 0 bridgehead atoms. The Morgan fingerprint density at radius 3 is 2.32 bits per heavy atom. The second kappa shape index (κ2) is 5.62. The minimum atomic E-state index is -0.167. The first-order valence-electron chi connectivity index (χ1n) is 5.83. The Morgan fingerprint density at radius 1 is 1.21 bits per heavy atom. The van der Waals surface area contributed by atoms with Crippen molar-refractivity contribution in [2.45, 2.75) is 13.0 Å². The average molecular weight is 263 g/mol. The van der Waals surface area contributed by atoms with Crippen LogP contribution in [-0.2, 0) is 0 Å². The van der Waals surface area contributed by atoms with Crippen molar-refractivity contribution in [2.75, 3.05) is 19.5 Å². The van der Waals surface area contributed by atoms with Gasteiger partial charge in [-0.3, -0.25) is 0 Å². The average Bonchev–Trinajstić information content (AvgIpc) is 2.87. The summed E-state index contributed by atoms with van der Waals surface area (Å²) >= 11 is 0. The molecule has 102 valence electrons. The summed E-state index contributed by atoms with van der Waals surface area (Å²) in [6, 6.07) is 5.63. The number of nitrogens with two attached hydrogens (primary N) is 1. The third kappa shape index (κ3) is 3.17. The molecule has 6 heteroatoms. The zero-order valence-corrected chi connectivity index (χ0v) is 11.1. The van der Waals surface area contributed by atoms with Gasteiger partial charge in [-0.2, -0.15) is 4.98 Å². The fraction of sp³-hybridized carbons (Fsp3) is 0.308. The third-order valence-electron chi connectivity index (χ3n) is 2.59. The van der Waals surface area contributed by atoms with Gasteiger partial charge >= 0.3 is 0 Å². The van der Waals surface area contributed by atoms with Crippen molar-refractivity contribution in [2.24, 2.45) is 5.73 Å². The summed E-state index contributed by atoms with van der Waals surface area (Å²) in [5.41, 5.74) is 7.17. The number of rotatable bonds is 5. The summed E-state index contributed by atoms with van der Waals surface area (Å²) in [6.07, 6.45) is 1.53. The molecule has 0 aliphatic carbocycles. The van der Waals surface area contributed by atoms with E-state index in [1.807, 2.05) is 19.1 Å². The summed E-state index contributed by atoms with van der Waals surface area (Å²) in [5.74, 6) is 1.36. The molecule has 1 unspecified atom stereocenters. The number of oxazole rings is 1. The van der Waals surface area contributed by atoms with E-state index < -0.39 is 0 Å². The van der Waals surface area contributed by atoms with Crippen molar-refractivity contribution in [3.05, 3.63) is 30.2 Å². The Hall–Kier alpha value is -2.21. The molecule has 0 aliphatic heterocycles. The van der Waals surface area contributed by atoms with E-state index in [9.17, 15) is 0 Å². The minimum Gasteiger partial charge on any atom is -0.497 e. The van der Waals surface area contributed by atoms with E-state index in [4.69, 9.17) is 19.6 Å². The smallest absolute Gasteiger partial charge is 0.299 e. The highest BCUT2D eigenvalue weighted by Gasteiger charge is 2.09. The molecule has 1 atom stereocenters. The second-order valence-electron chi connectivity index (χ2n) is 4.09. The molecule has 0 radical (unpaired) electrons. The number of nitrogens with one attached hydrogen (secondary N) is 1. The van der Waals surface area contributed by atoms with E-state index in [2.05, 4.69) is 10.3 Å². The lowest BCUT2D eigenvalue weighted by atomic mass is 10.3. The summed E-state index contributed by atoms with van der Waals surface area (Å²) in [7, 11) is 3.19. The molecule has 1 aromatic carbocycles. The summed E-state index contributed by atoms with van der Waals surface area (Å²) in [6.45, 7) is 1.84. The fourth-order valence-electron chi connectivity index (χ4n) is 1.56. The number of nitrogens with zero attached hydrogens (tertiary/aromatic N) is 1. The Kier molecular flexibility index (Phi) is 3.91. The number of anilines is 2. The van der Waals surface area contributed by atoms with Gasteiger partial charge in [0.25, 0.3) is 6.01 Å². The molecule has 0 amide bonds. The number of hydrogen-bond donors (Lipinski definition) is 2. The van der Waals surface area contributed by atoms with E-state index in [1.165, 1.54) is 6.26 Å². The van der Waals surface area contributed by atoms with E-state index in [0.29, 0.717) is 23.2 Å². The van der Waals surface area contributed by atoms with Crippen LogP contribution in [0.2, 0.25) is 0 Å². The zero-order valence-electron chi connectivity index (χ0n) is 11.1. The number of methoxy groups -OCH3 is 2. The van der Waals surface area contributed by atoms with Crippen LogP contribution in [0.3, 0.4) is 0 Å². The Labute approximate surface area is 111 Å². The maximum absolute atomic E-state index is 5.72. The molecule has 1 aromatic heterocycles. The van der Waals surface area contributed by atoms with Crippen LogP contribution in [0.4, 0.5) is 11.7 Å². The van der Waals surface area contributed by atoms with Crippen molar-refractivity contribution < 1.29 is 13.9 Å². The number of aromatic nitrogens is 1. The van der Waals surface area contributed by atoms with Gasteiger partial charge in [0.2, 0.25) is 0 Å². The summed E-state index contributed by atoms with van der Waals surface area (Å²) in [4.78, 5) is 4.23. The second-order valence-corrected chi connectivity index (χ2v) is 4.09. The van der Waals surface area contributed by atoms with E-state index in [1.54, 1.807) is 20.3 Å². The lowest BCUT2D eigenvalue weighted by Gasteiger charge is -2.08. The molecule has 0 spiro atoms. The SMILES string of the molecule is COc1cc(Nc2nc(C(C)N)co2)cc(OC)c1. The molecule has 2 rings (SSSR count). The highest BCUT2D eigenvalue weighted by molar-refractivity contribution is 5.58. The molecule has 0 aliphatic rings. The van der Waals surface area contributed by atoms with E-state index in [0.717, 1.165) is 5.69 Å². The predicted molar refractivity (Wildman–Crippen MR) is 71.9 cm³/mol. The van der Waals surface area contributed by atoms with Crippen LogP contribution in [0.5, 0.6) is 11.5 Å². The molecular formula is C13H17N3O3. The maximum Gasteiger partial charge on any atom is 0.299 e. The normalized spacial score (nSPS) is 12.0. The van der Waals surface area contributed by atoms with Crippen LogP contribution in [0.1, 0.15) is 18.7 Å². The van der Waals surface area contributed by atoms with Crippen molar-refractivity contribution in [3.63, 3.8) is 0 Å². The Bertz CT molecular complexity index is 530. The standard InChI is InChI=1S/C13H17N3O3/c1-8(14)12-7-19-13(16-12)15-9-4-10(17-2)6-11(5-9)18-3/h4-8H,14H2,1-3H3,(H,15,16). The van der Waals surface area contributed by atoms with E-state index in [-0.39, 0.29) is 6.04 Å². The quantitative estimate of drug-likeness (QED) is 0.862. The first-order valence-corrected chi connectivity index (χ1v) is 5.83. The zero-order chi connectivity index (χ0) is 13.8. The van der Waals surface area contributed by atoms with Gasteiger partial charge in [-0.15, -0.1) is 0 Å². The molecule has 0 saturated carbocycles. The first-order chi connectivity index (χ1) is 9.12. The van der Waals surface area contributed by atoms with Crippen molar-refractivity contribution in [3.8, 4) is 11.5 Å². The largest absolute Gasteiger partial charge is 0.497 e. The molecule has 1 heterocycles. The van der Waals surface area contributed by atoms with Crippen LogP contribution in [0, 0.1) is 0 Å². The molecule has 19 heavy (non-hydrogen) atoms. The van der Waals surface area contributed by atoms with E-state index >= 15 is 0 Å². The van der Waals surface area contributed by atoms with Crippen LogP contribution < -0.4 is 20.5 Å². The predicted octanol–water partition coefficient (Wildman–Crippen LogP) is 2.46. The molecule has 3 N–H and O–H groups in total. The van der Waals surface area contributed by atoms with Crippen LogP contribution >= 0.6 is 0 Å². The molecule has 0 fully saturated rings. The third-order valence-corrected chi connectivity index (χ3v) is 2.59. The van der Waals surface area contributed by atoms with Gasteiger partial charge in [0, 0.05) is 29.9 Å². The lowest BCUT2D eigenvalue weighted by Crippen LogP contribution is -2.05. The first kappa shape index (κ1) is 13.2. The van der Waals surface area contributed by atoms with Crippen LogP contribution in [0.15, 0.2) is 28.9 Å². The van der Waals surface area contributed by atoms with Crippen molar-refractivity contribution >= 4 is 11.7 Å². The van der Waals surface area contributed by atoms with Crippen molar-refractivity contribution in [1.29, 1.82) is 0 Å². The van der Waals surface area contributed by atoms with Gasteiger partial charge in [0.15, 0.2) is 0 Å². The van der Waals surface area contributed by atoms with Gasteiger partial charge in [-0.25, -0.2) is 0 Å². The molecule has 6 nitrogen and oxygen atoms in total. The number of hydrogen-bond acceptors (Lipinski definition) is 6. The van der Waals surface area contributed by atoms with Gasteiger partial charge < -0.3 is 24.9 Å². The maximum atomic E-state index is 5.72. The molecule has 0 saturated heterocycles. The topological polar surface area (TPSA) is 82.5 Å². The Morgan fingerprint density at radius 2 is 1.84 bits per heavy atom. The van der Waals surface area contributed by atoms with Crippen LogP contribution in [0.25, 0.3) is 0 Å². The number of benzene rings is 1. The highest BCUT2D eigenvalue weighted by Crippen LogP contribution is 2.28. The minimum absolute atomic E-state index is 0.167. The van der Waals surface area contributed by atoms with Gasteiger partial charge in [-0.1, -0.05) is 0 Å². The Balaban J connectivity index is 2.21. The van der Waals surface area contributed by atoms with Gasteiger partial charge in [-0.05, 0) is 6.92 Å². The lowest BCUT2D eigenvalue weighted by molar-refractivity contribution is 0.394. The highest BCUT2D eigenvalue weighted by atomic mass is 16.5. The van der Waals surface area contributed by atoms with Gasteiger partial charge in [0.1, 0.15) is 17.8 Å². The molecular weight excluding hydrogens is 246 g/mol. The number of ether oxygens (including phenoxy) is 2. The fourth-order valence-corrected chi connectivity index (χ4v) is 1.56. The van der Waals surface area contributed by atoms with Crippen molar-refractivity contribution in [1.82, 2.24) is 4.98 Å². The monoisotopic (exact) mass is 263 g/mol. The molecule has 2 aromatic rings.